The lowest BCUT2D eigenvalue weighted by molar-refractivity contribution is 0.229. The van der Waals surface area contributed by atoms with E-state index in [2.05, 4.69) is 46.5 Å². The highest BCUT2D eigenvalue weighted by atomic mass is 79.9. The number of urea groups is 1. The lowest BCUT2D eigenvalue weighted by atomic mass is 9.85. The number of nitrogens with zero attached hydrogens (tertiary/aromatic N) is 1. The maximum absolute atomic E-state index is 13.4. The Labute approximate surface area is 253 Å². The Morgan fingerprint density at radius 3 is 2.40 bits per heavy atom. The Morgan fingerprint density at radius 1 is 1.00 bits per heavy atom. The predicted octanol–water partition coefficient (Wildman–Crippen LogP) is 8.17. The zero-order chi connectivity index (χ0) is 28.7. The summed E-state index contributed by atoms with van der Waals surface area (Å²) < 4.78 is 35.3. The van der Waals surface area contributed by atoms with Crippen LogP contribution in [-0.4, -0.2) is 31.8 Å². The van der Waals surface area contributed by atoms with Gasteiger partial charge in [0.05, 0.1) is 16.6 Å². The van der Waals surface area contributed by atoms with Gasteiger partial charge in [-0.1, -0.05) is 65.5 Å². The molecule has 3 aromatic carbocycles. The van der Waals surface area contributed by atoms with Gasteiger partial charge in [0, 0.05) is 27.6 Å². The number of amides is 2. The van der Waals surface area contributed by atoms with Crippen molar-refractivity contribution in [2.75, 3.05) is 18.4 Å². The molecule has 11 heteroatoms. The fourth-order valence-electron chi connectivity index (χ4n) is 5.40. The van der Waals surface area contributed by atoms with Crippen molar-refractivity contribution in [1.82, 2.24) is 9.62 Å². The van der Waals surface area contributed by atoms with Crippen LogP contribution in [0.25, 0.3) is 0 Å². The lowest BCUT2D eigenvalue weighted by Crippen LogP contribution is -2.38. The van der Waals surface area contributed by atoms with E-state index in [1.54, 1.807) is 18.2 Å². The van der Waals surface area contributed by atoms with Gasteiger partial charge < -0.3 is 15.4 Å². The van der Waals surface area contributed by atoms with Crippen molar-refractivity contribution in [2.24, 2.45) is 5.41 Å². The normalized spacial score (nSPS) is 18.7. The minimum atomic E-state index is -3.75. The summed E-state index contributed by atoms with van der Waals surface area (Å²) in [4.78, 5) is 13.5. The fraction of sp³-hybridized carbons (Fsp3) is 0.345. The van der Waals surface area contributed by atoms with E-state index in [-0.39, 0.29) is 27.8 Å². The molecule has 1 aliphatic carbocycles. The molecule has 1 fully saturated rings. The number of rotatable bonds is 6. The molecule has 0 bridgehead atoms. The van der Waals surface area contributed by atoms with Gasteiger partial charge in [-0.15, -0.1) is 0 Å². The number of carbonyl (C=O) groups is 1. The molecular formula is C29H30BrCl2N3O4S. The van der Waals surface area contributed by atoms with Crippen LogP contribution in [0.3, 0.4) is 0 Å². The number of hydrogen-bond acceptors (Lipinski definition) is 4. The van der Waals surface area contributed by atoms with E-state index in [1.807, 2.05) is 12.1 Å². The SMILES string of the molecule is CC1(C)Cc2ccc(Br)cc2C1NC(=O)Nc1cc(S(=O)(=O)N2CCCCC2)ccc1Oc1cc(Cl)cc(Cl)c1. The first-order chi connectivity index (χ1) is 18.9. The molecule has 0 spiro atoms. The number of anilines is 1. The first-order valence-electron chi connectivity index (χ1n) is 13.1. The largest absolute Gasteiger partial charge is 0.455 e. The summed E-state index contributed by atoms with van der Waals surface area (Å²) in [5, 5.41) is 6.72. The lowest BCUT2D eigenvalue weighted by Gasteiger charge is -2.29. The van der Waals surface area contributed by atoms with Crippen molar-refractivity contribution in [3.8, 4) is 11.5 Å². The number of sulfonamides is 1. The Balaban J connectivity index is 1.46. The van der Waals surface area contributed by atoms with Crippen LogP contribution < -0.4 is 15.4 Å². The molecule has 1 heterocycles. The van der Waals surface area contributed by atoms with Crippen LogP contribution in [0.1, 0.15) is 50.3 Å². The molecule has 2 N–H and O–H groups in total. The molecule has 2 amide bonds. The highest BCUT2D eigenvalue weighted by Crippen LogP contribution is 2.46. The van der Waals surface area contributed by atoms with E-state index in [4.69, 9.17) is 27.9 Å². The van der Waals surface area contributed by atoms with Gasteiger partial charge in [-0.2, -0.15) is 4.31 Å². The number of fused-ring (bicyclic) bond motifs is 1. The molecule has 3 aromatic rings. The van der Waals surface area contributed by atoms with E-state index >= 15 is 0 Å². The summed E-state index contributed by atoms with van der Waals surface area (Å²) in [6, 6.07) is 14.6. The molecule has 0 aromatic heterocycles. The molecular weight excluding hydrogens is 637 g/mol. The number of ether oxygens (including phenoxy) is 1. The van der Waals surface area contributed by atoms with Crippen LogP contribution in [0.15, 0.2) is 64.0 Å². The van der Waals surface area contributed by atoms with Crippen molar-refractivity contribution in [3.05, 3.63) is 80.2 Å². The van der Waals surface area contributed by atoms with Gasteiger partial charge in [-0.05, 0) is 84.3 Å². The first-order valence-corrected chi connectivity index (χ1v) is 16.1. The zero-order valence-corrected chi connectivity index (χ0v) is 26.1. The molecule has 7 nitrogen and oxygen atoms in total. The van der Waals surface area contributed by atoms with Crippen LogP contribution >= 0.6 is 39.1 Å². The van der Waals surface area contributed by atoms with Crippen molar-refractivity contribution in [2.45, 2.75) is 50.5 Å². The van der Waals surface area contributed by atoms with Crippen molar-refractivity contribution in [3.63, 3.8) is 0 Å². The smallest absolute Gasteiger partial charge is 0.319 e. The molecule has 40 heavy (non-hydrogen) atoms. The molecule has 5 rings (SSSR count). The van der Waals surface area contributed by atoms with E-state index in [0.29, 0.717) is 28.9 Å². The van der Waals surface area contributed by atoms with Gasteiger partial charge in [-0.25, -0.2) is 13.2 Å². The van der Waals surface area contributed by atoms with Crippen LogP contribution in [0.5, 0.6) is 11.5 Å². The molecule has 1 saturated heterocycles. The van der Waals surface area contributed by atoms with Crippen LogP contribution in [0, 0.1) is 5.41 Å². The highest BCUT2D eigenvalue weighted by Gasteiger charge is 2.40. The van der Waals surface area contributed by atoms with Crippen molar-refractivity contribution < 1.29 is 17.9 Å². The molecule has 212 valence electrons. The average molecular weight is 667 g/mol. The second-order valence-corrected chi connectivity index (χ2v) is 14.6. The maximum Gasteiger partial charge on any atom is 0.319 e. The second kappa shape index (κ2) is 11.5. The predicted molar refractivity (Wildman–Crippen MR) is 162 cm³/mol. The molecule has 2 aliphatic rings. The minimum Gasteiger partial charge on any atom is -0.455 e. The summed E-state index contributed by atoms with van der Waals surface area (Å²) in [5.41, 5.74) is 2.20. The first kappa shape index (κ1) is 29.2. The Hall–Kier alpha value is -2.30. The second-order valence-electron chi connectivity index (χ2n) is 10.9. The topological polar surface area (TPSA) is 87.7 Å². The van der Waals surface area contributed by atoms with Gasteiger partial charge in [0.2, 0.25) is 10.0 Å². The third-order valence-electron chi connectivity index (χ3n) is 7.34. The van der Waals surface area contributed by atoms with Gasteiger partial charge in [0.25, 0.3) is 0 Å². The molecule has 1 atom stereocenters. The van der Waals surface area contributed by atoms with Gasteiger partial charge in [0.1, 0.15) is 5.75 Å². The standard InChI is InChI=1S/C29H30BrCl2N3O4S/c1-29(2)17-18-6-7-19(30)12-24(18)27(29)34-28(36)33-25-16-23(40(37,38)35-10-4-3-5-11-35)8-9-26(25)39-22-14-20(31)13-21(32)15-22/h6-9,12-16,27H,3-5,10-11,17H2,1-2H3,(H2,33,34,36). The Kier molecular flexibility index (Phi) is 8.42. The molecule has 0 saturated carbocycles. The van der Waals surface area contributed by atoms with E-state index in [0.717, 1.165) is 35.7 Å². The van der Waals surface area contributed by atoms with Gasteiger partial charge >= 0.3 is 6.03 Å². The third-order valence-corrected chi connectivity index (χ3v) is 10.2. The van der Waals surface area contributed by atoms with Crippen molar-refractivity contribution >= 4 is 60.9 Å². The summed E-state index contributed by atoms with van der Waals surface area (Å²) in [6.45, 7) is 5.15. The summed E-state index contributed by atoms with van der Waals surface area (Å²) >= 11 is 15.8. The monoisotopic (exact) mass is 665 g/mol. The minimum absolute atomic E-state index is 0.0802. The number of nitrogens with one attached hydrogen (secondary N) is 2. The van der Waals surface area contributed by atoms with Crippen LogP contribution in [-0.2, 0) is 16.4 Å². The Morgan fingerprint density at radius 2 is 1.70 bits per heavy atom. The number of carbonyl (C=O) groups excluding carboxylic acids is 1. The summed E-state index contributed by atoms with van der Waals surface area (Å²) in [5.74, 6) is 0.600. The number of benzene rings is 3. The molecule has 0 radical (unpaired) electrons. The van der Waals surface area contributed by atoms with E-state index < -0.39 is 16.1 Å². The molecule has 1 aliphatic heterocycles. The quantitative estimate of drug-likeness (QED) is 0.278. The number of hydrogen-bond donors (Lipinski definition) is 2. The maximum atomic E-state index is 13.4. The highest BCUT2D eigenvalue weighted by molar-refractivity contribution is 9.10. The Bertz CT molecular complexity index is 1540. The van der Waals surface area contributed by atoms with Crippen molar-refractivity contribution in [1.29, 1.82) is 0 Å². The molecule has 1 unspecified atom stereocenters. The van der Waals surface area contributed by atoms with Crippen LogP contribution in [0.2, 0.25) is 10.0 Å². The average Bonchev–Trinajstić information content (AvgIpc) is 3.13. The number of halogens is 3. The zero-order valence-electron chi connectivity index (χ0n) is 22.1. The van der Waals surface area contributed by atoms with Gasteiger partial charge in [0.15, 0.2) is 5.75 Å². The third kappa shape index (κ3) is 6.29. The van der Waals surface area contributed by atoms with E-state index in [1.165, 1.54) is 28.1 Å². The van der Waals surface area contributed by atoms with Gasteiger partial charge in [-0.3, -0.25) is 0 Å². The number of piperidine rings is 1. The summed E-state index contributed by atoms with van der Waals surface area (Å²) in [6.07, 6.45) is 3.45. The van der Waals surface area contributed by atoms with E-state index in [9.17, 15) is 13.2 Å². The van der Waals surface area contributed by atoms with Crippen LogP contribution in [0.4, 0.5) is 10.5 Å². The summed E-state index contributed by atoms with van der Waals surface area (Å²) in [7, 11) is -3.75. The fourth-order valence-corrected chi connectivity index (χ4v) is 7.83.